The van der Waals surface area contributed by atoms with Crippen LogP contribution in [0.15, 0.2) is 17.7 Å². The highest BCUT2D eigenvalue weighted by Crippen LogP contribution is 2.40. The second-order valence-corrected chi connectivity index (χ2v) is 3.74. The van der Waals surface area contributed by atoms with Crippen LogP contribution >= 0.6 is 0 Å². The van der Waals surface area contributed by atoms with Gasteiger partial charge >= 0.3 is 23.3 Å². The molecule has 116 valence electrons. The number of hydrogen-bond acceptors (Lipinski definition) is 7. The van der Waals surface area contributed by atoms with Crippen LogP contribution in [0, 0.1) is 20.2 Å². The van der Waals surface area contributed by atoms with Crippen LogP contribution in [-0.4, -0.2) is 39.1 Å². The topological polar surface area (TPSA) is 170 Å². The molecule has 11 nitrogen and oxygen atoms in total. The fraction of sp³-hybridized carbons (Fsp3) is 0.0909. The van der Waals surface area contributed by atoms with E-state index in [1.54, 1.807) is 0 Å². The molecule has 2 N–H and O–H groups in total. The van der Waals surface area contributed by atoms with Crippen molar-refractivity contribution in [3.8, 4) is 5.75 Å². The fourth-order valence-electron chi connectivity index (χ4n) is 1.60. The minimum atomic E-state index is -1.82. The molecule has 0 saturated carbocycles. The second kappa shape index (κ2) is 6.30. The van der Waals surface area contributed by atoms with Crippen LogP contribution in [0.25, 0.3) is 6.08 Å². The molecule has 0 saturated heterocycles. The number of benzene rings is 1. The Morgan fingerprint density at radius 2 is 1.68 bits per heavy atom. The Hall–Kier alpha value is -3.50. The molecule has 0 aliphatic rings. The van der Waals surface area contributed by atoms with E-state index in [2.05, 4.69) is 4.74 Å². The number of rotatable bonds is 6. The third-order valence-electron chi connectivity index (χ3n) is 2.49. The van der Waals surface area contributed by atoms with Gasteiger partial charge in [-0.3, -0.25) is 20.2 Å². The van der Waals surface area contributed by atoms with Crippen LogP contribution in [0.1, 0.15) is 5.56 Å². The number of methoxy groups -OCH3 is 1. The highest BCUT2D eigenvalue weighted by Gasteiger charge is 2.30. The largest absolute Gasteiger partial charge is 0.485 e. The zero-order chi connectivity index (χ0) is 17.0. The van der Waals surface area contributed by atoms with Crippen molar-refractivity contribution in [2.75, 3.05) is 7.11 Å². The maximum absolute atomic E-state index is 11.1. The lowest BCUT2D eigenvalue weighted by Gasteiger charge is -2.05. The van der Waals surface area contributed by atoms with Gasteiger partial charge in [-0.2, -0.15) is 0 Å². The third kappa shape index (κ3) is 3.15. The molecule has 11 heteroatoms. The van der Waals surface area contributed by atoms with Crippen molar-refractivity contribution in [1.82, 2.24) is 0 Å². The number of aliphatic carboxylic acids is 2. The lowest BCUT2D eigenvalue weighted by Crippen LogP contribution is -2.11. The molecule has 0 bridgehead atoms. The van der Waals surface area contributed by atoms with E-state index >= 15 is 0 Å². The number of carboxylic acid groups (broad SMARTS) is 2. The first-order chi connectivity index (χ1) is 10.2. The molecule has 0 amide bonds. The van der Waals surface area contributed by atoms with Crippen molar-refractivity contribution in [3.05, 3.63) is 43.5 Å². The monoisotopic (exact) mass is 312 g/mol. The number of nitro benzene ring substituents is 2. The molecular formula is C11H8N2O9. The van der Waals surface area contributed by atoms with Crippen LogP contribution in [0.3, 0.4) is 0 Å². The minimum Gasteiger partial charge on any atom is -0.485 e. The molecule has 0 aliphatic carbocycles. The Morgan fingerprint density at radius 1 is 1.14 bits per heavy atom. The number of carbonyl (C=O) groups is 2. The first-order valence-corrected chi connectivity index (χ1v) is 5.38. The molecule has 0 fully saturated rings. The van der Waals surface area contributed by atoms with E-state index in [4.69, 9.17) is 10.2 Å². The van der Waals surface area contributed by atoms with E-state index in [9.17, 15) is 29.8 Å². The molecule has 0 unspecified atom stereocenters. The highest BCUT2D eigenvalue weighted by molar-refractivity contribution is 6.16. The van der Waals surface area contributed by atoms with Gasteiger partial charge in [0, 0.05) is 6.07 Å². The standard InChI is InChI=1S/C11H8N2O9/c1-22-9-7(12(18)19)3-2-5(8(9)13(20)21)4-6(10(14)15)11(16)17/h2-4H,1H3,(H,14,15)(H,16,17). The molecule has 0 spiro atoms. The van der Waals surface area contributed by atoms with Gasteiger partial charge < -0.3 is 14.9 Å². The van der Waals surface area contributed by atoms with Gasteiger partial charge in [-0.05, 0) is 12.1 Å². The fourth-order valence-corrected chi connectivity index (χ4v) is 1.60. The lowest BCUT2D eigenvalue weighted by atomic mass is 10.1. The van der Waals surface area contributed by atoms with Crippen LogP contribution < -0.4 is 4.74 Å². The molecule has 0 aliphatic heterocycles. The zero-order valence-corrected chi connectivity index (χ0v) is 10.9. The molecule has 1 aromatic carbocycles. The normalized spacial score (nSPS) is 9.68. The molecule has 1 rings (SSSR count). The summed E-state index contributed by atoms with van der Waals surface area (Å²) in [5.74, 6) is -4.35. The molecule has 0 atom stereocenters. The van der Waals surface area contributed by atoms with Crippen molar-refractivity contribution in [3.63, 3.8) is 0 Å². The van der Waals surface area contributed by atoms with E-state index in [-0.39, 0.29) is 0 Å². The Morgan fingerprint density at radius 3 is 2.05 bits per heavy atom. The van der Waals surface area contributed by atoms with Crippen LogP contribution in [0.5, 0.6) is 5.75 Å². The van der Waals surface area contributed by atoms with Crippen molar-refractivity contribution in [2.45, 2.75) is 0 Å². The van der Waals surface area contributed by atoms with Gasteiger partial charge in [0.25, 0.3) is 5.75 Å². The summed E-state index contributed by atoms with van der Waals surface area (Å²) in [6, 6.07) is 1.71. The quantitative estimate of drug-likeness (QED) is 0.256. The summed E-state index contributed by atoms with van der Waals surface area (Å²) < 4.78 is 4.63. The van der Waals surface area contributed by atoms with Gasteiger partial charge in [0.1, 0.15) is 5.57 Å². The Kier molecular flexibility index (Phi) is 4.74. The van der Waals surface area contributed by atoms with E-state index in [0.717, 1.165) is 19.2 Å². The predicted octanol–water partition coefficient (Wildman–Crippen LogP) is 1.06. The first-order valence-electron chi connectivity index (χ1n) is 5.38. The summed E-state index contributed by atoms with van der Waals surface area (Å²) in [6.07, 6.45) is 0.523. The second-order valence-electron chi connectivity index (χ2n) is 3.74. The van der Waals surface area contributed by atoms with Crippen molar-refractivity contribution < 1.29 is 34.4 Å². The van der Waals surface area contributed by atoms with Crippen molar-refractivity contribution in [2.24, 2.45) is 0 Å². The zero-order valence-electron chi connectivity index (χ0n) is 10.9. The average molecular weight is 312 g/mol. The van der Waals surface area contributed by atoms with E-state index < -0.39 is 50.0 Å². The van der Waals surface area contributed by atoms with E-state index in [1.165, 1.54) is 0 Å². The highest BCUT2D eigenvalue weighted by atomic mass is 16.6. The van der Waals surface area contributed by atoms with Crippen LogP contribution in [-0.2, 0) is 9.59 Å². The summed E-state index contributed by atoms with van der Waals surface area (Å²) in [6.45, 7) is 0. The molecule has 1 aromatic rings. The van der Waals surface area contributed by atoms with E-state index in [0.29, 0.717) is 6.08 Å². The van der Waals surface area contributed by atoms with Crippen LogP contribution in [0.2, 0.25) is 0 Å². The molecule has 0 aromatic heterocycles. The third-order valence-corrected chi connectivity index (χ3v) is 2.49. The maximum atomic E-state index is 11.1. The number of nitrogens with zero attached hydrogens (tertiary/aromatic N) is 2. The summed E-state index contributed by atoms with van der Waals surface area (Å²) in [4.78, 5) is 41.5. The van der Waals surface area contributed by atoms with Gasteiger partial charge in [0.15, 0.2) is 0 Å². The van der Waals surface area contributed by atoms with Gasteiger partial charge in [0.05, 0.1) is 22.5 Å². The van der Waals surface area contributed by atoms with E-state index in [1.807, 2.05) is 0 Å². The van der Waals surface area contributed by atoms with Gasteiger partial charge in [-0.25, -0.2) is 9.59 Å². The minimum absolute atomic E-state index is 0.452. The van der Waals surface area contributed by atoms with Gasteiger partial charge in [0.2, 0.25) is 0 Å². The SMILES string of the molecule is COc1c([N+](=O)[O-])ccc(C=C(C(=O)O)C(=O)O)c1[N+](=O)[O-]. The smallest absolute Gasteiger partial charge is 0.343 e. The van der Waals surface area contributed by atoms with Crippen LogP contribution in [0.4, 0.5) is 11.4 Å². The summed E-state index contributed by atoms with van der Waals surface area (Å²) in [5, 5.41) is 39.4. The van der Waals surface area contributed by atoms with Gasteiger partial charge in [-0.15, -0.1) is 0 Å². The van der Waals surface area contributed by atoms with Crippen molar-refractivity contribution in [1.29, 1.82) is 0 Å². The maximum Gasteiger partial charge on any atom is 0.343 e. The Bertz CT molecular complexity index is 692. The average Bonchev–Trinajstić information content (AvgIpc) is 2.42. The molecule has 22 heavy (non-hydrogen) atoms. The molecule has 0 heterocycles. The molecule has 0 radical (unpaired) electrons. The van der Waals surface area contributed by atoms with Crippen molar-refractivity contribution >= 4 is 29.4 Å². The van der Waals surface area contributed by atoms with Gasteiger partial charge in [-0.1, -0.05) is 0 Å². The summed E-state index contributed by atoms with van der Waals surface area (Å²) in [5.41, 5.74) is -3.21. The summed E-state index contributed by atoms with van der Waals surface area (Å²) >= 11 is 0. The lowest BCUT2D eigenvalue weighted by molar-refractivity contribution is -0.396. The number of carboxylic acids is 2. The Labute approximate surface area is 121 Å². The summed E-state index contributed by atoms with van der Waals surface area (Å²) in [7, 11) is 0.956. The Balaban J connectivity index is 3.73. The first kappa shape index (κ1) is 16.6. The molecular weight excluding hydrogens is 304 g/mol. The number of ether oxygens (including phenoxy) is 1. The predicted molar refractivity (Wildman–Crippen MR) is 69.6 cm³/mol. The number of nitro groups is 2. The number of hydrogen-bond donors (Lipinski definition) is 2.